The molecule has 114 valence electrons. The van der Waals surface area contributed by atoms with E-state index in [-0.39, 0.29) is 17.7 Å². The molecular weight excluding hydrogens is 311 g/mol. The van der Waals surface area contributed by atoms with Crippen molar-refractivity contribution in [3.05, 3.63) is 33.8 Å². The van der Waals surface area contributed by atoms with Gasteiger partial charge in [-0.25, -0.2) is 0 Å². The summed E-state index contributed by atoms with van der Waals surface area (Å²) in [4.78, 5) is 25.9. The van der Waals surface area contributed by atoms with E-state index in [9.17, 15) is 9.59 Å². The predicted molar refractivity (Wildman–Crippen MR) is 83.8 cm³/mol. The van der Waals surface area contributed by atoms with Gasteiger partial charge in [-0.05, 0) is 38.0 Å². The molecule has 2 amide bonds. The number of likely N-dealkylation sites (tertiary alicyclic amines) is 1. The lowest BCUT2D eigenvalue weighted by atomic mass is 9.95. The fraction of sp³-hybridized carbons (Fsp3) is 0.467. The fourth-order valence-electron chi connectivity index (χ4n) is 2.48. The number of rotatable bonds is 3. The van der Waals surface area contributed by atoms with Crippen molar-refractivity contribution < 1.29 is 9.59 Å². The van der Waals surface area contributed by atoms with Crippen LogP contribution in [0.3, 0.4) is 0 Å². The van der Waals surface area contributed by atoms with Crippen LogP contribution in [-0.4, -0.2) is 36.3 Å². The minimum absolute atomic E-state index is 0.00260. The lowest BCUT2D eigenvalue weighted by Gasteiger charge is -2.31. The van der Waals surface area contributed by atoms with E-state index >= 15 is 0 Å². The summed E-state index contributed by atoms with van der Waals surface area (Å²) in [5.41, 5.74) is 0.529. The molecule has 0 atom stereocenters. The molecular formula is C15H18Cl2N2O2. The van der Waals surface area contributed by atoms with Crippen molar-refractivity contribution in [1.29, 1.82) is 0 Å². The van der Waals surface area contributed by atoms with Gasteiger partial charge >= 0.3 is 0 Å². The first-order valence-electron chi connectivity index (χ1n) is 7.05. The number of carbonyl (C=O) groups is 2. The normalized spacial score (nSPS) is 15.9. The number of hydrogen-bond donors (Lipinski definition) is 1. The topological polar surface area (TPSA) is 49.4 Å². The van der Waals surface area contributed by atoms with Crippen LogP contribution in [0.1, 0.15) is 30.1 Å². The van der Waals surface area contributed by atoms with Crippen molar-refractivity contribution in [2.75, 3.05) is 19.6 Å². The molecule has 1 aromatic rings. The van der Waals surface area contributed by atoms with Crippen LogP contribution in [0, 0.1) is 5.92 Å². The Labute approximate surface area is 134 Å². The second-order valence-corrected chi connectivity index (χ2v) is 5.90. The molecule has 21 heavy (non-hydrogen) atoms. The average molecular weight is 329 g/mol. The highest BCUT2D eigenvalue weighted by atomic mass is 35.5. The molecule has 0 spiro atoms. The summed E-state index contributed by atoms with van der Waals surface area (Å²) in [7, 11) is 0. The van der Waals surface area contributed by atoms with Crippen LogP contribution in [0.4, 0.5) is 0 Å². The zero-order valence-electron chi connectivity index (χ0n) is 11.9. The van der Waals surface area contributed by atoms with Gasteiger partial charge in [-0.15, -0.1) is 0 Å². The number of halogens is 2. The Morgan fingerprint density at radius 3 is 2.48 bits per heavy atom. The first-order valence-corrected chi connectivity index (χ1v) is 7.80. The minimum atomic E-state index is -0.0667. The molecule has 0 unspecified atom stereocenters. The van der Waals surface area contributed by atoms with Gasteiger partial charge in [0.15, 0.2) is 0 Å². The van der Waals surface area contributed by atoms with Crippen molar-refractivity contribution in [2.24, 2.45) is 5.92 Å². The molecule has 0 bridgehead atoms. The molecule has 1 aliphatic heterocycles. The molecule has 1 aromatic carbocycles. The van der Waals surface area contributed by atoms with Gasteiger partial charge in [0, 0.05) is 31.1 Å². The monoisotopic (exact) mass is 328 g/mol. The average Bonchev–Trinajstić information content (AvgIpc) is 2.50. The van der Waals surface area contributed by atoms with Gasteiger partial charge < -0.3 is 10.2 Å². The lowest BCUT2D eigenvalue weighted by Crippen LogP contribution is -2.43. The van der Waals surface area contributed by atoms with Crippen LogP contribution in [0.2, 0.25) is 10.0 Å². The molecule has 4 nitrogen and oxygen atoms in total. The lowest BCUT2D eigenvalue weighted by molar-refractivity contribution is -0.126. The maximum Gasteiger partial charge on any atom is 0.253 e. The standard InChI is InChI=1S/C15H18Cl2N2O2/c1-2-18-14(20)10-5-7-19(8-6-10)15(21)11-3-4-12(16)13(17)9-11/h3-4,9-10H,2,5-8H2,1H3,(H,18,20). The van der Waals surface area contributed by atoms with Gasteiger partial charge in [0.05, 0.1) is 10.0 Å². The molecule has 1 saturated heterocycles. The molecule has 0 radical (unpaired) electrons. The highest BCUT2D eigenvalue weighted by molar-refractivity contribution is 6.42. The Hall–Kier alpha value is -1.26. The summed E-state index contributed by atoms with van der Waals surface area (Å²) in [6.07, 6.45) is 1.39. The van der Waals surface area contributed by atoms with Crippen LogP contribution in [0.15, 0.2) is 18.2 Å². The quantitative estimate of drug-likeness (QED) is 0.927. The van der Waals surface area contributed by atoms with Gasteiger partial charge in [0.2, 0.25) is 5.91 Å². The molecule has 0 saturated carbocycles. The van der Waals surface area contributed by atoms with Crippen LogP contribution in [-0.2, 0) is 4.79 Å². The van der Waals surface area contributed by atoms with E-state index in [1.807, 2.05) is 6.92 Å². The van der Waals surface area contributed by atoms with Gasteiger partial charge in [-0.1, -0.05) is 23.2 Å². The molecule has 1 heterocycles. The van der Waals surface area contributed by atoms with Crippen molar-refractivity contribution in [3.8, 4) is 0 Å². The molecule has 0 aromatic heterocycles. The van der Waals surface area contributed by atoms with E-state index in [2.05, 4.69) is 5.32 Å². The number of piperidine rings is 1. The number of carbonyl (C=O) groups excluding carboxylic acids is 2. The van der Waals surface area contributed by atoms with Crippen LogP contribution in [0.5, 0.6) is 0 Å². The first kappa shape index (κ1) is 16.1. The summed E-state index contributed by atoms with van der Waals surface area (Å²) in [5, 5.41) is 3.64. The zero-order valence-corrected chi connectivity index (χ0v) is 13.4. The van der Waals surface area contributed by atoms with Gasteiger partial charge in [0.1, 0.15) is 0 Å². The summed E-state index contributed by atoms with van der Waals surface area (Å²) >= 11 is 11.8. The van der Waals surface area contributed by atoms with Gasteiger partial charge in [-0.2, -0.15) is 0 Å². The third-order valence-corrected chi connectivity index (χ3v) is 4.41. The predicted octanol–water partition coefficient (Wildman–Crippen LogP) is 2.98. The molecule has 1 aliphatic rings. The van der Waals surface area contributed by atoms with Crippen molar-refractivity contribution in [1.82, 2.24) is 10.2 Å². The highest BCUT2D eigenvalue weighted by Gasteiger charge is 2.27. The number of amides is 2. The Morgan fingerprint density at radius 1 is 1.24 bits per heavy atom. The molecule has 0 aliphatic carbocycles. The molecule has 1 fully saturated rings. The van der Waals surface area contributed by atoms with Crippen LogP contribution >= 0.6 is 23.2 Å². The van der Waals surface area contributed by atoms with Gasteiger partial charge in [0.25, 0.3) is 5.91 Å². The Balaban J connectivity index is 1.97. The van der Waals surface area contributed by atoms with Crippen molar-refractivity contribution in [3.63, 3.8) is 0 Å². The number of benzene rings is 1. The third kappa shape index (κ3) is 3.89. The second kappa shape index (κ2) is 7.14. The summed E-state index contributed by atoms with van der Waals surface area (Å²) in [6.45, 7) is 3.71. The van der Waals surface area contributed by atoms with E-state index in [4.69, 9.17) is 23.2 Å². The number of hydrogen-bond acceptors (Lipinski definition) is 2. The summed E-state index contributed by atoms with van der Waals surface area (Å²) < 4.78 is 0. The third-order valence-electron chi connectivity index (χ3n) is 3.67. The van der Waals surface area contributed by atoms with E-state index in [0.29, 0.717) is 48.1 Å². The van der Waals surface area contributed by atoms with Crippen LogP contribution in [0.25, 0.3) is 0 Å². The summed E-state index contributed by atoms with van der Waals surface area (Å²) in [6, 6.07) is 4.88. The maximum absolute atomic E-state index is 12.4. The Bertz CT molecular complexity index is 540. The second-order valence-electron chi connectivity index (χ2n) is 5.09. The largest absolute Gasteiger partial charge is 0.356 e. The van der Waals surface area contributed by atoms with E-state index in [1.165, 1.54) is 0 Å². The SMILES string of the molecule is CCNC(=O)C1CCN(C(=O)c2ccc(Cl)c(Cl)c2)CC1. The molecule has 1 N–H and O–H groups in total. The van der Waals surface area contributed by atoms with Crippen molar-refractivity contribution in [2.45, 2.75) is 19.8 Å². The smallest absolute Gasteiger partial charge is 0.253 e. The van der Waals surface area contributed by atoms with E-state index in [1.54, 1.807) is 23.1 Å². The van der Waals surface area contributed by atoms with Gasteiger partial charge in [-0.3, -0.25) is 9.59 Å². The minimum Gasteiger partial charge on any atom is -0.356 e. The Kier molecular flexibility index (Phi) is 5.48. The number of nitrogens with zero attached hydrogens (tertiary/aromatic N) is 1. The van der Waals surface area contributed by atoms with Crippen molar-refractivity contribution >= 4 is 35.0 Å². The Morgan fingerprint density at radius 2 is 1.90 bits per heavy atom. The van der Waals surface area contributed by atoms with E-state index in [0.717, 1.165) is 0 Å². The zero-order chi connectivity index (χ0) is 15.4. The summed E-state index contributed by atoms with van der Waals surface area (Å²) in [5.74, 6) is 0.0184. The first-order chi connectivity index (χ1) is 10.0. The van der Waals surface area contributed by atoms with Crippen LogP contribution < -0.4 is 5.32 Å². The highest BCUT2D eigenvalue weighted by Crippen LogP contribution is 2.25. The molecule has 6 heteroatoms. The maximum atomic E-state index is 12.4. The van der Waals surface area contributed by atoms with E-state index < -0.39 is 0 Å². The molecule has 2 rings (SSSR count). The fourth-order valence-corrected chi connectivity index (χ4v) is 2.77. The number of nitrogens with one attached hydrogen (secondary N) is 1.